The summed E-state index contributed by atoms with van der Waals surface area (Å²) in [6, 6.07) is 7.78. The number of sulfonamides is 1. The minimum atomic E-state index is -3.19. The summed E-state index contributed by atoms with van der Waals surface area (Å²) in [6.45, 7) is 4.48. The van der Waals surface area contributed by atoms with E-state index in [-0.39, 0.29) is 17.6 Å². The second-order valence-electron chi connectivity index (χ2n) is 5.16. The molecule has 0 spiro atoms. The molecule has 2 rings (SSSR count). The van der Waals surface area contributed by atoms with Crippen LogP contribution in [0.1, 0.15) is 18.9 Å². The number of benzene rings is 1. The topological polar surface area (TPSA) is 66.5 Å². The van der Waals surface area contributed by atoms with E-state index in [1.807, 2.05) is 31.2 Å². The van der Waals surface area contributed by atoms with Crippen LogP contribution >= 0.6 is 0 Å². The maximum Gasteiger partial charge on any atom is 0.227 e. The fraction of sp³-hybridized carbons (Fsp3) is 0.500. The maximum absolute atomic E-state index is 12.0. The van der Waals surface area contributed by atoms with Gasteiger partial charge in [-0.3, -0.25) is 4.79 Å². The number of nitrogens with zero attached hydrogens (tertiary/aromatic N) is 1. The molecule has 1 aliphatic rings. The molecule has 1 N–H and O–H groups in total. The van der Waals surface area contributed by atoms with E-state index in [9.17, 15) is 13.2 Å². The van der Waals surface area contributed by atoms with Gasteiger partial charge in [0.1, 0.15) is 0 Å². The summed E-state index contributed by atoms with van der Waals surface area (Å²) in [5, 5.41) is 0. The molecule has 1 amide bonds. The minimum absolute atomic E-state index is 0.0325. The number of amides is 1. The van der Waals surface area contributed by atoms with Gasteiger partial charge in [-0.2, -0.15) is 0 Å². The molecule has 0 saturated carbocycles. The molecule has 1 aliphatic heterocycles. The van der Waals surface area contributed by atoms with Gasteiger partial charge in [-0.15, -0.1) is 0 Å². The zero-order valence-electron chi connectivity index (χ0n) is 11.8. The van der Waals surface area contributed by atoms with E-state index < -0.39 is 10.0 Å². The summed E-state index contributed by atoms with van der Waals surface area (Å²) in [5.41, 5.74) is 2.02. The van der Waals surface area contributed by atoms with Gasteiger partial charge in [-0.1, -0.05) is 17.7 Å². The Balaban J connectivity index is 1.99. The highest BCUT2D eigenvalue weighted by molar-refractivity contribution is 7.89. The number of hydrogen-bond acceptors (Lipinski definition) is 3. The van der Waals surface area contributed by atoms with Gasteiger partial charge in [0.25, 0.3) is 0 Å². The highest BCUT2D eigenvalue weighted by Gasteiger charge is 2.30. The maximum atomic E-state index is 12.0. The molecular formula is C14H20N2O3S. The van der Waals surface area contributed by atoms with Gasteiger partial charge in [-0.05, 0) is 31.9 Å². The number of aryl methyl sites for hydroxylation is 1. The first-order chi connectivity index (χ1) is 9.41. The molecule has 1 atom stereocenters. The summed E-state index contributed by atoms with van der Waals surface area (Å²) in [6.07, 6.45) is 0.389. The molecule has 1 aromatic carbocycles. The third kappa shape index (κ3) is 3.58. The van der Waals surface area contributed by atoms with Crippen LogP contribution < -0.4 is 9.62 Å². The number of nitrogens with one attached hydrogen (secondary N) is 1. The highest BCUT2D eigenvalue weighted by Crippen LogP contribution is 2.25. The van der Waals surface area contributed by atoms with Crippen molar-refractivity contribution in [3.05, 3.63) is 29.8 Å². The lowest BCUT2D eigenvalue weighted by Gasteiger charge is -2.17. The summed E-state index contributed by atoms with van der Waals surface area (Å²) >= 11 is 0. The van der Waals surface area contributed by atoms with Gasteiger partial charge < -0.3 is 4.90 Å². The van der Waals surface area contributed by atoms with Crippen LogP contribution in [-0.4, -0.2) is 33.2 Å². The molecule has 0 aliphatic carbocycles. The molecule has 110 valence electrons. The summed E-state index contributed by atoms with van der Waals surface area (Å²) in [5.74, 6) is 0.148. The van der Waals surface area contributed by atoms with Crippen LogP contribution in [0.3, 0.4) is 0 Å². The highest BCUT2D eigenvalue weighted by atomic mass is 32.2. The van der Waals surface area contributed by atoms with Crippen LogP contribution in [0.5, 0.6) is 0 Å². The van der Waals surface area contributed by atoms with E-state index in [0.717, 1.165) is 11.3 Å². The van der Waals surface area contributed by atoms with Crippen molar-refractivity contribution in [1.82, 2.24) is 4.72 Å². The third-order valence-corrected chi connectivity index (χ3v) is 4.89. The Morgan fingerprint density at radius 1 is 1.30 bits per heavy atom. The average molecular weight is 296 g/mol. The lowest BCUT2D eigenvalue weighted by molar-refractivity contribution is -0.117. The van der Waals surface area contributed by atoms with Crippen molar-refractivity contribution in [3.63, 3.8) is 0 Å². The van der Waals surface area contributed by atoms with Gasteiger partial charge in [0.05, 0.1) is 5.75 Å². The molecule has 1 saturated heterocycles. The molecular weight excluding hydrogens is 276 g/mol. The molecule has 1 heterocycles. The molecule has 0 bridgehead atoms. The normalized spacial score (nSPS) is 19.6. The molecule has 0 unspecified atom stereocenters. The number of carbonyl (C=O) groups excluding carboxylic acids is 1. The number of anilines is 1. The monoisotopic (exact) mass is 296 g/mol. The van der Waals surface area contributed by atoms with E-state index in [1.165, 1.54) is 0 Å². The van der Waals surface area contributed by atoms with E-state index in [2.05, 4.69) is 4.72 Å². The Bertz CT molecular complexity index is 581. The van der Waals surface area contributed by atoms with Gasteiger partial charge in [-0.25, -0.2) is 13.1 Å². The largest absolute Gasteiger partial charge is 0.312 e. The smallest absolute Gasteiger partial charge is 0.227 e. The summed E-state index contributed by atoms with van der Waals surface area (Å²) < 4.78 is 25.4. The second-order valence-corrected chi connectivity index (χ2v) is 7.26. The van der Waals surface area contributed by atoms with Crippen molar-refractivity contribution in [2.45, 2.75) is 20.3 Å². The Morgan fingerprint density at radius 3 is 2.55 bits per heavy atom. The van der Waals surface area contributed by atoms with Crippen LogP contribution in [0.2, 0.25) is 0 Å². The van der Waals surface area contributed by atoms with Crippen molar-refractivity contribution in [3.8, 4) is 0 Å². The fourth-order valence-electron chi connectivity index (χ4n) is 2.24. The average Bonchev–Trinajstić information content (AvgIpc) is 2.79. The van der Waals surface area contributed by atoms with Crippen molar-refractivity contribution in [2.24, 2.45) is 5.92 Å². The predicted molar refractivity (Wildman–Crippen MR) is 79.1 cm³/mol. The molecule has 5 nitrogen and oxygen atoms in total. The first kappa shape index (κ1) is 15.0. The van der Waals surface area contributed by atoms with Gasteiger partial charge in [0, 0.05) is 25.2 Å². The van der Waals surface area contributed by atoms with Gasteiger partial charge >= 0.3 is 0 Å². The fourth-order valence-corrected chi connectivity index (χ4v) is 2.93. The van der Waals surface area contributed by atoms with Crippen molar-refractivity contribution in [1.29, 1.82) is 0 Å². The van der Waals surface area contributed by atoms with Crippen molar-refractivity contribution in [2.75, 3.05) is 23.7 Å². The van der Waals surface area contributed by atoms with E-state index in [4.69, 9.17) is 0 Å². The lowest BCUT2D eigenvalue weighted by atomic mass is 10.1. The van der Waals surface area contributed by atoms with Crippen LogP contribution in [0, 0.1) is 12.8 Å². The van der Waals surface area contributed by atoms with E-state index in [1.54, 1.807) is 11.8 Å². The Morgan fingerprint density at radius 2 is 1.95 bits per heavy atom. The first-order valence-corrected chi connectivity index (χ1v) is 8.41. The molecule has 1 aromatic rings. The minimum Gasteiger partial charge on any atom is -0.312 e. The van der Waals surface area contributed by atoms with Crippen molar-refractivity contribution < 1.29 is 13.2 Å². The Labute approximate surface area is 120 Å². The molecule has 0 radical (unpaired) electrons. The standard InChI is InChI=1S/C14H20N2O3S/c1-3-20(18,19)15-9-12-8-14(17)16(10-12)13-6-4-11(2)5-7-13/h4-7,12,15H,3,8-10H2,1-2H3/t12-/m0/s1. The number of hydrogen-bond donors (Lipinski definition) is 1. The van der Waals surface area contributed by atoms with E-state index in [0.29, 0.717) is 19.5 Å². The van der Waals surface area contributed by atoms with Gasteiger partial charge in [0.2, 0.25) is 15.9 Å². The van der Waals surface area contributed by atoms with Crippen LogP contribution in [-0.2, 0) is 14.8 Å². The SMILES string of the molecule is CCS(=O)(=O)NC[C@@H]1CC(=O)N(c2ccc(C)cc2)C1. The van der Waals surface area contributed by atoms with Gasteiger partial charge in [0.15, 0.2) is 0 Å². The molecule has 1 fully saturated rings. The first-order valence-electron chi connectivity index (χ1n) is 6.75. The van der Waals surface area contributed by atoms with Crippen LogP contribution in [0.15, 0.2) is 24.3 Å². The lowest BCUT2D eigenvalue weighted by Crippen LogP contribution is -2.32. The quantitative estimate of drug-likeness (QED) is 0.890. The van der Waals surface area contributed by atoms with E-state index >= 15 is 0 Å². The summed E-state index contributed by atoms with van der Waals surface area (Å²) in [4.78, 5) is 13.7. The second kappa shape index (κ2) is 5.93. The van der Waals surface area contributed by atoms with Crippen LogP contribution in [0.4, 0.5) is 5.69 Å². The number of rotatable bonds is 5. The molecule has 6 heteroatoms. The van der Waals surface area contributed by atoms with Crippen molar-refractivity contribution >= 4 is 21.6 Å². The zero-order chi connectivity index (χ0) is 14.8. The Hall–Kier alpha value is -1.40. The molecule has 20 heavy (non-hydrogen) atoms. The predicted octanol–water partition coefficient (Wildman–Crippen LogP) is 1.29. The van der Waals surface area contributed by atoms with Crippen LogP contribution in [0.25, 0.3) is 0 Å². The Kier molecular flexibility index (Phi) is 4.45. The molecule has 0 aromatic heterocycles. The zero-order valence-corrected chi connectivity index (χ0v) is 12.6. The third-order valence-electron chi connectivity index (χ3n) is 3.52. The summed E-state index contributed by atoms with van der Waals surface area (Å²) in [7, 11) is -3.19. The number of carbonyl (C=O) groups is 1.